The highest BCUT2D eigenvalue weighted by molar-refractivity contribution is 5.67. The lowest BCUT2D eigenvalue weighted by atomic mass is 9.97. The third kappa shape index (κ3) is 1.70. The van der Waals surface area contributed by atoms with Crippen molar-refractivity contribution in [2.24, 2.45) is 0 Å². The standard InChI is InChI=1S/C13H12N2O4/c1-7-8(2)10(6-15)12-11(9(7)5-14)18-13(16-3,17-4)19-12/h1-4H3. The summed E-state index contributed by atoms with van der Waals surface area (Å²) in [6, 6.07) is 4.10. The molecule has 0 saturated heterocycles. The summed E-state index contributed by atoms with van der Waals surface area (Å²) < 4.78 is 21.0. The normalized spacial score (nSPS) is 14.8. The van der Waals surface area contributed by atoms with Crippen LogP contribution in [0.3, 0.4) is 0 Å². The quantitative estimate of drug-likeness (QED) is 0.753. The molecule has 1 aliphatic heterocycles. The molecule has 0 unspecified atom stereocenters. The Morgan fingerprint density at radius 3 is 1.53 bits per heavy atom. The molecule has 19 heavy (non-hydrogen) atoms. The van der Waals surface area contributed by atoms with Crippen molar-refractivity contribution in [3.63, 3.8) is 0 Å². The third-order valence-electron chi connectivity index (χ3n) is 3.15. The van der Waals surface area contributed by atoms with Crippen LogP contribution in [-0.4, -0.2) is 20.4 Å². The van der Waals surface area contributed by atoms with Crippen LogP contribution in [-0.2, 0) is 9.47 Å². The minimum absolute atomic E-state index is 0.172. The SMILES string of the molecule is COC1(OC)Oc2c(C#N)c(C)c(C)c(C#N)c2O1. The Kier molecular flexibility index (Phi) is 3.07. The van der Waals surface area contributed by atoms with Crippen LogP contribution >= 0.6 is 0 Å². The second-order valence-electron chi connectivity index (χ2n) is 3.99. The van der Waals surface area contributed by atoms with Crippen LogP contribution in [0.5, 0.6) is 11.5 Å². The maximum Gasteiger partial charge on any atom is 0.509 e. The number of nitrogens with zero attached hydrogens (tertiary/aromatic N) is 2. The molecule has 98 valence electrons. The largest absolute Gasteiger partial charge is 0.509 e. The minimum Gasteiger partial charge on any atom is -0.401 e. The first-order valence-corrected chi connectivity index (χ1v) is 5.49. The molecule has 2 rings (SSSR count). The van der Waals surface area contributed by atoms with Crippen LogP contribution in [0.25, 0.3) is 0 Å². The van der Waals surface area contributed by atoms with Crippen molar-refractivity contribution in [2.45, 2.75) is 20.0 Å². The minimum atomic E-state index is -1.75. The predicted molar refractivity (Wildman–Crippen MR) is 63.4 cm³/mol. The van der Waals surface area contributed by atoms with E-state index in [-0.39, 0.29) is 11.5 Å². The van der Waals surface area contributed by atoms with Gasteiger partial charge in [0.2, 0.25) is 0 Å². The molecule has 6 nitrogen and oxygen atoms in total. The van der Waals surface area contributed by atoms with Gasteiger partial charge in [0.05, 0.1) is 0 Å². The fourth-order valence-corrected chi connectivity index (χ4v) is 1.93. The van der Waals surface area contributed by atoms with E-state index in [1.165, 1.54) is 14.2 Å². The van der Waals surface area contributed by atoms with E-state index in [0.717, 1.165) is 0 Å². The fourth-order valence-electron chi connectivity index (χ4n) is 1.93. The molecule has 0 radical (unpaired) electrons. The highest BCUT2D eigenvalue weighted by Crippen LogP contribution is 2.47. The first-order chi connectivity index (χ1) is 9.03. The first kappa shape index (κ1) is 13.2. The number of fused-ring (bicyclic) bond motifs is 1. The lowest BCUT2D eigenvalue weighted by molar-refractivity contribution is -0.408. The molecular weight excluding hydrogens is 248 g/mol. The van der Waals surface area contributed by atoms with Crippen molar-refractivity contribution in [1.29, 1.82) is 10.5 Å². The Morgan fingerprint density at radius 1 is 0.895 bits per heavy atom. The Balaban J connectivity index is 2.74. The molecule has 0 aromatic heterocycles. The molecule has 0 bridgehead atoms. The Labute approximate surface area is 110 Å². The van der Waals surface area contributed by atoms with Crippen LogP contribution in [0, 0.1) is 36.5 Å². The number of benzene rings is 1. The second kappa shape index (κ2) is 4.43. The van der Waals surface area contributed by atoms with Gasteiger partial charge < -0.3 is 9.47 Å². The lowest BCUT2D eigenvalue weighted by Gasteiger charge is -2.21. The van der Waals surface area contributed by atoms with Crippen LogP contribution in [0.2, 0.25) is 0 Å². The van der Waals surface area contributed by atoms with Gasteiger partial charge in [-0.3, -0.25) is 9.47 Å². The van der Waals surface area contributed by atoms with Crippen LogP contribution in [0.1, 0.15) is 22.3 Å². The summed E-state index contributed by atoms with van der Waals surface area (Å²) in [7, 11) is 2.68. The summed E-state index contributed by atoms with van der Waals surface area (Å²) in [4.78, 5) is 0. The zero-order valence-electron chi connectivity index (χ0n) is 11.0. The maximum atomic E-state index is 9.24. The molecule has 0 amide bonds. The van der Waals surface area contributed by atoms with Gasteiger partial charge in [0.15, 0.2) is 11.5 Å². The van der Waals surface area contributed by atoms with E-state index >= 15 is 0 Å². The number of hydrogen-bond acceptors (Lipinski definition) is 6. The van der Waals surface area contributed by atoms with E-state index in [4.69, 9.17) is 18.9 Å². The van der Waals surface area contributed by atoms with E-state index < -0.39 is 6.16 Å². The number of nitriles is 2. The summed E-state index contributed by atoms with van der Waals surface area (Å²) >= 11 is 0. The molecule has 0 N–H and O–H groups in total. The molecule has 6 heteroatoms. The number of methoxy groups -OCH3 is 2. The highest BCUT2D eigenvalue weighted by atomic mass is 17.0. The molecule has 1 aliphatic rings. The predicted octanol–water partition coefficient (Wildman–Crippen LogP) is 1.72. The topological polar surface area (TPSA) is 84.5 Å². The molecular formula is C13H12N2O4. The van der Waals surface area contributed by atoms with E-state index in [0.29, 0.717) is 22.3 Å². The van der Waals surface area contributed by atoms with Crippen LogP contribution < -0.4 is 9.47 Å². The van der Waals surface area contributed by atoms with Gasteiger partial charge in [-0.05, 0) is 25.0 Å². The van der Waals surface area contributed by atoms with Crippen molar-refractivity contribution in [2.75, 3.05) is 14.2 Å². The van der Waals surface area contributed by atoms with E-state index in [9.17, 15) is 10.5 Å². The summed E-state index contributed by atoms with van der Waals surface area (Å²) in [6.07, 6.45) is -1.75. The smallest absolute Gasteiger partial charge is 0.401 e. The van der Waals surface area contributed by atoms with Gasteiger partial charge in [0, 0.05) is 14.2 Å². The average Bonchev–Trinajstić information content (AvgIpc) is 2.80. The average molecular weight is 260 g/mol. The molecule has 0 saturated carbocycles. The van der Waals surface area contributed by atoms with Gasteiger partial charge in [-0.25, -0.2) is 0 Å². The molecule has 1 aromatic carbocycles. The molecule has 0 atom stereocenters. The molecule has 1 aromatic rings. The Morgan fingerprint density at radius 2 is 1.26 bits per heavy atom. The third-order valence-corrected chi connectivity index (χ3v) is 3.15. The van der Waals surface area contributed by atoms with Gasteiger partial charge in [-0.2, -0.15) is 10.5 Å². The Bertz CT molecular complexity index is 570. The van der Waals surface area contributed by atoms with Crippen molar-refractivity contribution in [3.8, 4) is 23.6 Å². The van der Waals surface area contributed by atoms with Gasteiger partial charge in [-0.15, -0.1) is 0 Å². The summed E-state index contributed by atoms with van der Waals surface area (Å²) in [5.41, 5.74) is 1.96. The monoisotopic (exact) mass is 260 g/mol. The van der Waals surface area contributed by atoms with Crippen molar-refractivity contribution in [3.05, 3.63) is 22.3 Å². The Hall–Kier alpha value is -2.28. The number of rotatable bonds is 2. The van der Waals surface area contributed by atoms with Gasteiger partial charge in [0.25, 0.3) is 0 Å². The van der Waals surface area contributed by atoms with Crippen molar-refractivity contribution in [1.82, 2.24) is 0 Å². The summed E-state index contributed by atoms with van der Waals surface area (Å²) in [5.74, 6) is 0.344. The molecule has 0 spiro atoms. The number of hydrogen-bond donors (Lipinski definition) is 0. The van der Waals surface area contributed by atoms with Gasteiger partial charge >= 0.3 is 6.16 Å². The summed E-state index contributed by atoms with van der Waals surface area (Å²) in [6.45, 7) is 3.50. The van der Waals surface area contributed by atoms with Crippen LogP contribution in [0.15, 0.2) is 0 Å². The zero-order chi connectivity index (χ0) is 14.2. The molecule has 1 heterocycles. The van der Waals surface area contributed by atoms with Crippen molar-refractivity contribution < 1.29 is 18.9 Å². The first-order valence-electron chi connectivity index (χ1n) is 5.49. The van der Waals surface area contributed by atoms with Crippen molar-refractivity contribution >= 4 is 0 Å². The molecule has 0 fully saturated rings. The lowest BCUT2D eigenvalue weighted by Crippen LogP contribution is -2.42. The number of ether oxygens (including phenoxy) is 4. The second-order valence-corrected chi connectivity index (χ2v) is 3.99. The molecule has 0 aliphatic carbocycles. The van der Waals surface area contributed by atoms with Crippen LogP contribution in [0.4, 0.5) is 0 Å². The maximum absolute atomic E-state index is 9.24. The van der Waals surface area contributed by atoms with Gasteiger partial charge in [-0.1, -0.05) is 0 Å². The zero-order valence-corrected chi connectivity index (χ0v) is 11.0. The van der Waals surface area contributed by atoms with E-state index in [1.807, 2.05) is 12.1 Å². The summed E-state index contributed by atoms with van der Waals surface area (Å²) in [5, 5.41) is 18.5. The fraction of sp³-hybridized carbons (Fsp3) is 0.385. The van der Waals surface area contributed by atoms with E-state index in [2.05, 4.69) is 0 Å². The highest BCUT2D eigenvalue weighted by Gasteiger charge is 2.47. The van der Waals surface area contributed by atoms with E-state index in [1.54, 1.807) is 13.8 Å². The van der Waals surface area contributed by atoms with Gasteiger partial charge in [0.1, 0.15) is 23.3 Å².